The van der Waals surface area contributed by atoms with Crippen molar-refractivity contribution in [3.05, 3.63) is 0 Å². The summed E-state index contributed by atoms with van der Waals surface area (Å²) in [6.07, 6.45) is 12.3. The monoisotopic (exact) mass is 240 g/mol. The Morgan fingerprint density at radius 1 is 1.24 bits per heavy atom. The zero-order valence-corrected chi connectivity index (χ0v) is 11.3. The van der Waals surface area contributed by atoms with Gasteiger partial charge in [-0.3, -0.25) is 0 Å². The van der Waals surface area contributed by atoms with E-state index in [1.165, 1.54) is 38.5 Å². The molecule has 1 heterocycles. The Balaban J connectivity index is 1.75. The van der Waals surface area contributed by atoms with Gasteiger partial charge >= 0.3 is 0 Å². The Bertz CT molecular complexity index is 223. The van der Waals surface area contributed by atoms with Crippen LogP contribution in [-0.4, -0.2) is 23.4 Å². The van der Waals surface area contributed by atoms with E-state index in [9.17, 15) is 5.11 Å². The van der Waals surface area contributed by atoms with Crippen LogP contribution in [0.2, 0.25) is 0 Å². The number of ether oxygens (including phenoxy) is 1. The van der Waals surface area contributed by atoms with Crippen molar-refractivity contribution < 1.29 is 9.84 Å². The maximum Gasteiger partial charge on any atom is 0.0694 e. The Kier molecular flexibility index (Phi) is 4.87. The fourth-order valence-corrected chi connectivity index (χ4v) is 3.44. The molecule has 0 radical (unpaired) electrons. The van der Waals surface area contributed by atoms with Crippen molar-refractivity contribution in [2.24, 2.45) is 5.92 Å². The molecule has 0 bridgehead atoms. The molecule has 0 aromatic heterocycles. The van der Waals surface area contributed by atoms with Gasteiger partial charge in [0.05, 0.1) is 11.7 Å². The lowest BCUT2D eigenvalue weighted by atomic mass is 9.79. The summed E-state index contributed by atoms with van der Waals surface area (Å²) in [6, 6.07) is 0. The molecule has 2 nitrogen and oxygen atoms in total. The normalized spacial score (nSPS) is 36.0. The van der Waals surface area contributed by atoms with Gasteiger partial charge in [-0.2, -0.15) is 0 Å². The predicted molar refractivity (Wildman–Crippen MR) is 70.0 cm³/mol. The third-order valence-electron chi connectivity index (χ3n) is 4.73. The zero-order chi connectivity index (χ0) is 12.1. The molecule has 2 unspecified atom stereocenters. The average molecular weight is 240 g/mol. The van der Waals surface area contributed by atoms with Gasteiger partial charge in [0.2, 0.25) is 0 Å². The summed E-state index contributed by atoms with van der Waals surface area (Å²) < 4.78 is 5.65. The van der Waals surface area contributed by atoms with Gasteiger partial charge in [-0.25, -0.2) is 0 Å². The van der Waals surface area contributed by atoms with Crippen molar-refractivity contribution in [3.63, 3.8) is 0 Å². The molecule has 2 rings (SSSR count). The predicted octanol–water partition coefficient (Wildman–Crippen LogP) is 3.67. The van der Waals surface area contributed by atoms with Crippen LogP contribution in [0.3, 0.4) is 0 Å². The first-order valence-corrected chi connectivity index (χ1v) is 7.56. The molecule has 1 aliphatic heterocycles. The molecule has 0 aromatic rings. The highest BCUT2D eigenvalue weighted by Gasteiger charge is 2.34. The average Bonchev–Trinajstić information content (AvgIpc) is 2.38. The standard InChI is InChI=1S/C15H28O2/c1-2-14-12-15(16,10-11-17-14)9-8-13-6-4-3-5-7-13/h13-14,16H,2-12H2,1H3. The number of rotatable bonds is 4. The summed E-state index contributed by atoms with van der Waals surface area (Å²) in [4.78, 5) is 0. The second-order valence-corrected chi connectivity index (χ2v) is 6.12. The van der Waals surface area contributed by atoms with Crippen molar-refractivity contribution in [3.8, 4) is 0 Å². The van der Waals surface area contributed by atoms with E-state index >= 15 is 0 Å². The van der Waals surface area contributed by atoms with Gasteiger partial charge in [-0.05, 0) is 31.6 Å². The SMILES string of the molecule is CCC1CC(O)(CCC2CCCCC2)CCO1. The van der Waals surface area contributed by atoms with E-state index in [0.29, 0.717) is 6.10 Å². The molecular formula is C15H28O2. The molecule has 2 heteroatoms. The summed E-state index contributed by atoms with van der Waals surface area (Å²) in [5, 5.41) is 10.6. The molecule has 1 N–H and O–H groups in total. The molecule has 2 aliphatic rings. The van der Waals surface area contributed by atoms with E-state index in [2.05, 4.69) is 6.92 Å². The summed E-state index contributed by atoms with van der Waals surface area (Å²) in [7, 11) is 0. The minimum atomic E-state index is -0.420. The number of hydrogen-bond donors (Lipinski definition) is 1. The Hall–Kier alpha value is -0.0800. The minimum Gasteiger partial charge on any atom is -0.390 e. The summed E-state index contributed by atoms with van der Waals surface area (Å²) in [5.41, 5.74) is -0.420. The lowest BCUT2D eigenvalue weighted by Crippen LogP contribution is -2.41. The highest BCUT2D eigenvalue weighted by atomic mass is 16.5. The van der Waals surface area contributed by atoms with Crippen LogP contribution in [-0.2, 0) is 4.74 Å². The van der Waals surface area contributed by atoms with Crippen LogP contribution < -0.4 is 0 Å². The van der Waals surface area contributed by atoms with Crippen molar-refractivity contribution in [2.45, 2.75) is 82.8 Å². The van der Waals surface area contributed by atoms with Gasteiger partial charge in [0.1, 0.15) is 0 Å². The molecule has 2 atom stereocenters. The quantitative estimate of drug-likeness (QED) is 0.812. The third kappa shape index (κ3) is 3.96. The lowest BCUT2D eigenvalue weighted by molar-refractivity contribution is -0.109. The van der Waals surface area contributed by atoms with E-state index in [-0.39, 0.29) is 0 Å². The van der Waals surface area contributed by atoms with Gasteiger partial charge < -0.3 is 9.84 Å². The molecule has 0 amide bonds. The van der Waals surface area contributed by atoms with Gasteiger partial charge in [-0.15, -0.1) is 0 Å². The summed E-state index contributed by atoms with van der Waals surface area (Å²) in [6.45, 7) is 2.90. The maximum atomic E-state index is 10.6. The fraction of sp³-hybridized carbons (Fsp3) is 1.00. The van der Waals surface area contributed by atoms with Crippen molar-refractivity contribution in [1.29, 1.82) is 0 Å². The molecule has 0 spiro atoms. The topological polar surface area (TPSA) is 29.5 Å². The summed E-state index contributed by atoms with van der Waals surface area (Å²) >= 11 is 0. The first-order valence-electron chi connectivity index (χ1n) is 7.56. The smallest absolute Gasteiger partial charge is 0.0694 e. The van der Waals surface area contributed by atoms with E-state index in [1.807, 2.05) is 0 Å². The Morgan fingerprint density at radius 2 is 2.00 bits per heavy atom. The number of aliphatic hydroxyl groups is 1. The highest BCUT2D eigenvalue weighted by Crippen LogP contribution is 2.34. The van der Waals surface area contributed by atoms with Gasteiger partial charge in [0.15, 0.2) is 0 Å². The number of hydrogen-bond acceptors (Lipinski definition) is 2. The van der Waals surface area contributed by atoms with Crippen LogP contribution in [0.15, 0.2) is 0 Å². The zero-order valence-electron chi connectivity index (χ0n) is 11.3. The van der Waals surface area contributed by atoms with Crippen LogP contribution in [0.4, 0.5) is 0 Å². The minimum absolute atomic E-state index is 0.292. The highest BCUT2D eigenvalue weighted by molar-refractivity contribution is 4.86. The van der Waals surface area contributed by atoms with E-state index in [0.717, 1.165) is 38.2 Å². The van der Waals surface area contributed by atoms with E-state index < -0.39 is 5.60 Å². The second kappa shape index (κ2) is 6.19. The van der Waals surface area contributed by atoms with Crippen LogP contribution >= 0.6 is 0 Å². The van der Waals surface area contributed by atoms with Gasteiger partial charge in [0.25, 0.3) is 0 Å². The molecule has 1 saturated carbocycles. The van der Waals surface area contributed by atoms with Crippen molar-refractivity contribution in [2.75, 3.05) is 6.61 Å². The molecule has 1 aliphatic carbocycles. The van der Waals surface area contributed by atoms with Gasteiger partial charge in [-0.1, -0.05) is 39.0 Å². The molecular weight excluding hydrogens is 212 g/mol. The van der Waals surface area contributed by atoms with E-state index in [1.54, 1.807) is 0 Å². The van der Waals surface area contributed by atoms with Crippen LogP contribution in [0.1, 0.15) is 71.1 Å². The molecule has 100 valence electrons. The molecule has 2 fully saturated rings. The molecule has 1 saturated heterocycles. The van der Waals surface area contributed by atoms with E-state index in [4.69, 9.17) is 4.74 Å². The Morgan fingerprint density at radius 3 is 2.71 bits per heavy atom. The fourth-order valence-electron chi connectivity index (χ4n) is 3.44. The lowest BCUT2D eigenvalue weighted by Gasteiger charge is -2.38. The Labute approximate surface area is 106 Å². The van der Waals surface area contributed by atoms with Gasteiger partial charge in [0, 0.05) is 13.0 Å². The maximum absolute atomic E-state index is 10.6. The second-order valence-electron chi connectivity index (χ2n) is 6.12. The molecule has 17 heavy (non-hydrogen) atoms. The largest absolute Gasteiger partial charge is 0.390 e. The van der Waals surface area contributed by atoms with Crippen molar-refractivity contribution >= 4 is 0 Å². The first-order chi connectivity index (χ1) is 8.22. The third-order valence-corrected chi connectivity index (χ3v) is 4.73. The van der Waals surface area contributed by atoms with Crippen LogP contribution in [0.25, 0.3) is 0 Å². The van der Waals surface area contributed by atoms with Crippen LogP contribution in [0, 0.1) is 5.92 Å². The van der Waals surface area contributed by atoms with Crippen LogP contribution in [0.5, 0.6) is 0 Å². The van der Waals surface area contributed by atoms with Crippen molar-refractivity contribution in [1.82, 2.24) is 0 Å². The molecule has 0 aromatic carbocycles. The first kappa shape index (κ1) is 13.4. The summed E-state index contributed by atoms with van der Waals surface area (Å²) in [5.74, 6) is 0.885.